The molecule has 2 heterocycles. The van der Waals surface area contributed by atoms with Crippen molar-refractivity contribution in [2.75, 3.05) is 26.7 Å². The van der Waals surface area contributed by atoms with E-state index in [2.05, 4.69) is 18.9 Å². The molecule has 2 rings (SSSR count). The number of ketones is 1. The zero-order valence-corrected chi connectivity index (χ0v) is 9.08. The maximum Gasteiger partial charge on any atom is 0.138 e. The standard InChI is InChI=1S/C11H19NO2/c1-9-8-12(2)5-4-11(9)7-10(13)3-6-14-11/h9H,3-8H2,1-2H3. The van der Waals surface area contributed by atoms with Gasteiger partial charge in [0.25, 0.3) is 0 Å². The number of hydrogen-bond donors (Lipinski definition) is 0. The Balaban J connectivity index is 2.10. The Morgan fingerprint density at radius 1 is 1.57 bits per heavy atom. The number of Topliss-reactive ketones (excluding diaryl/α,β-unsaturated/α-hetero) is 1. The molecule has 1 spiro atoms. The van der Waals surface area contributed by atoms with Crippen LogP contribution in [0.5, 0.6) is 0 Å². The topological polar surface area (TPSA) is 29.5 Å². The van der Waals surface area contributed by atoms with Crippen molar-refractivity contribution in [2.24, 2.45) is 5.92 Å². The Morgan fingerprint density at radius 3 is 3.00 bits per heavy atom. The highest BCUT2D eigenvalue weighted by Crippen LogP contribution is 2.37. The third-order valence-corrected chi connectivity index (χ3v) is 3.67. The van der Waals surface area contributed by atoms with Crippen molar-refractivity contribution >= 4 is 5.78 Å². The smallest absolute Gasteiger partial charge is 0.138 e. The van der Waals surface area contributed by atoms with Crippen molar-refractivity contribution < 1.29 is 9.53 Å². The first-order valence-corrected chi connectivity index (χ1v) is 5.47. The number of likely N-dealkylation sites (tertiary alicyclic amines) is 1. The third kappa shape index (κ3) is 1.71. The molecule has 0 aliphatic carbocycles. The van der Waals surface area contributed by atoms with Gasteiger partial charge in [0.2, 0.25) is 0 Å². The monoisotopic (exact) mass is 197 g/mol. The fourth-order valence-electron chi connectivity index (χ4n) is 2.67. The molecule has 0 bridgehead atoms. The molecule has 0 N–H and O–H groups in total. The molecule has 2 saturated heterocycles. The van der Waals surface area contributed by atoms with Gasteiger partial charge >= 0.3 is 0 Å². The van der Waals surface area contributed by atoms with E-state index in [0.29, 0.717) is 31.1 Å². The molecule has 0 amide bonds. The first-order chi connectivity index (χ1) is 6.62. The van der Waals surface area contributed by atoms with Crippen molar-refractivity contribution in [3.05, 3.63) is 0 Å². The molecular weight excluding hydrogens is 178 g/mol. The highest BCUT2D eigenvalue weighted by molar-refractivity contribution is 5.80. The molecule has 2 aliphatic heterocycles. The van der Waals surface area contributed by atoms with Crippen LogP contribution in [0.1, 0.15) is 26.2 Å². The molecule has 0 saturated carbocycles. The van der Waals surface area contributed by atoms with Gasteiger partial charge in [-0.3, -0.25) is 4.79 Å². The second kappa shape index (κ2) is 3.63. The summed E-state index contributed by atoms with van der Waals surface area (Å²) in [6.07, 6.45) is 2.27. The zero-order valence-electron chi connectivity index (χ0n) is 9.08. The van der Waals surface area contributed by atoms with Crippen LogP contribution < -0.4 is 0 Å². The van der Waals surface area contributed by atoms with Crippen LogP contribution in [0.3, 0.4) is 0 Å². The average Bonchev–Trinajstić information content (AvgIpc) is 2.13. The van der Waals surface area contributed by atoms with Gasteiger partial charge in [0.05, 0.1) is 12.2 Å². The van der Waals surface area contributed by atoms with Gasteiger partial charge in [0, 0.05) is 25.9 Å². The fraction of sp³-hybridized carbons (Fsp3) is 0.909. The minimum Gasteiger partial charge on any atom is -0.374 e. The summed E-state index contributed by atoms with van der Waals surface area (Å²) in [4.78, 5) is 13.8. The number of hydrogen-bond acceptors (Lipinski definition) is 3. The van der Waals surface area contributed by atoms with E-state index < -0.39 is 0 Å². The Kier molecular flexibility index (Phi) is 2.62. The van der Waals surface area contributed by atoms with Crippen LogP contribution in [-0.2, 0) is 9.53 Å². The van der Waals surface area contributed by atoms with Crippen LogP contribution >= 0.6 is 0 Å². The summed E-state index contributed by atoms with van der Waals surface area (Å²) in [7, 11) is 2.13. The quantitative estimate of drug-likeness (QED) is 0.582. The number of piperidine rings is 1. The lowest BCUT2D eigenvalue weighted by Gasteiger charge is -2.47. The zero-order chi connectivity index (χ0) is 10.2. The molecule has 3 heteroatoms. The summed E-state index contributed by atoms with van der Waals surface area (Å²) in [5, 5.41) is 0. The van der Waals surface area contributed by atoms with E-state index in [0.717, 1.165) is 19.5 Å². The van der Waals surface area contributed by atoms with E-state index in [1.54, 1.807) is 0 Å². The predicted molar refractivity (Wildman–Crippen MR) is 54.2 cm³/mol. The molecule has 80 valence electrons. The van der Waals surface area contributed by atoms with E-state index >= 15 is 0 Å². The lowest BCUT2D eigenvalue weighted by atomic mass is 9.77. The molecular formula is C11H19NO2. The molecule has 2 fully saturated rings. The highest BCUT2D eigenvalue weighted by Gasteiger charge is 2.44. The Hall–Kier alpha value is -0.410. The molecule has 0 aromatic rings. The second-order valence-corrected chi connectivity index (χ2v) is 4.79. The number of carbonyl (C=O) groups is 1. The van der Waals surface area contributed by atoms with Gasteiger partial charge in [0.15, 0.2) is 0 Å². The van der Waals surface area contributed by atoms with Gasteiger partial charge in [0.1, 0.15) is 5.78 Å². The summed E-state index contributed by atoms with van der Waals surface area (Å²) in [5.74, 6) is 0.859. The predicted octanol–water partition coefficient (Wildman–Crippen LogP) is 1.08. The van der Waals surface area contributed by atoms with Gasteiger partial charge in [-0.2, -0.15) is 0 Å². The van der Waals surface area contributed by atoms with E-state index in [4.69, 9.17) is 4.74 Å². The van der Waals surface area contributed by atoms with Crippen molar-refractivity contribution in [2.45, 2.75) is 31.8 Å². The maximum atomic E-state index is 11.5. The summed E-state index contributed by atoms with van der Waals surface area (Å²) < 4.78 is 5.89. The number of carbonyl (C=O) groups excluding carboxylic acids is 1. The second-order valence-electron chi connectivity index (χ2n) is 4.79. The first kappa shape index (κ1) is 10.1. The molecule has 3 nitrogen and oxygen atoms in total. The third-order valence-electron chi connectivity index (χ3n) is 3.67. The Bertz CT molecular complexity index is 241. The first-order valence-electron chi connectivity index (χ1n) is 5.47. The minimum atomic E-state index is -0.123. The van der Waals surface area contributed by atoms with Gasteiger partial charge in [-0.15, -0.1) is 0 Å². The van der Waals surface area contributed by atoms with Gasteiger partial charge in [-0.25, -0.2) is 0 Å². The molecule has 0 aromatic carbocycles. The van der Waals surface area contributed by atoms with Crippen LogP contribution in [0.15, 0.2) is 0 Å². The molecule has 2 unspecified atom stereocenters. The normalized spacial score (nSPS) is 40.4. The van der Waals surface area contributed by atoms with Gasteiger partial charge in [-0.1, -0.05) is 6.92 Å². The Labute approximate surface area is 85.4 Å². The average molecular weight is 197 g/mol. The van der Waals surface area contributed by atoms with Crippen molar-refractivity contribution in [1.29, 1.82) is 0 Å². The van der Waals surface area contributed by atoms with Crippen LogP contribution in [0, 0.1) is 5.92 Å². The number of rotatable bonds is 0. The maximum absolute atomic E-state index is 11.5. The molecule has 2 atom stereocenters. The highest BCUT2D eigenvalue weighted by atomic mass is 16.5. The minimum absolute atomic E-state index is 0.123. The van der Waals surface area contributed by atoms with Crippen molar-refractivity contribution in [3.63, 3.8) is 0 Å². The molecule has 0 radical (unpaired) electrons. The van der Waals surface area contributed by atoms with E-state index in [1.807, 2.05) is 0 Å². The molecule has 0 aromatic heterocycles. The SMILES string of the molecule is CC1CN(C)CCC12CC(=O)CCO2. The van der Waals surface area contributed by atoms with E-state index in [-0.39, 0.29) is 5.60 Å². The molecule has 14 heavy (non-hydrogen) atoms. The van der Waals surface area contributed by atoms with Gasteiger partial charge in [-0.05, 0) is 19.4 Å². The summed E-state index contributed by atoms with van der Waals surface area (Å²) in [6, 6.07) is 0. The van der Waals surface area contributed by atoms with Crippen LogP contribution in [-0.4, -0.2) is 43.0 Å². The Morgan fingerprint density at radius 2 is 2.36 bits per heavy atom. The lowest BCUT2D eigenvalue weighted by molar-refractivity contribution is -0.159. The van der Waals surface area contributed by atoms with Crippen LogP contribution in [0.2, 0.25) is 0 Å². The lowest BCUT2D eigenvalue weighted by Crippen LogP contribution is -2.54. The largest absolute Gasteiger partial charge is 0.374 e. The van der Waals surface area contributed by atoms with Crippen molar-refractivity contribution in [1.82, 2.24) is 4.90 Å². The summed E-state index contributed by atoms with van der Waals surface area (Å²) in [6.45, 7) is 4.94. The number of ether oxygens (including phenoxy) is 1. The van der Waals surface area contributed by atoms with Crippen LogP contribution in [0.4, 0.5) is 0 Å². The van der Waals surface area contributed by atoms with Gasteiger partial charge < -0.3 is 9.64 Å². The number of nitrogens with zero attached hydrogens (tertiary/aromatic N) is 1. The summed E-state index contributed by atoms with van der Waals surface area (Å²) >= 11 is 0. The van der Waals surface area contributed by atoms with E-state index in [1.165, 1.54) is 0 Å². The van der Waals surface area contributed by atoms with E-state index in [9.17, 15) is 4.79 Å². The van der Waals surface area contributed by atoms with Crippen LogP contribution in [0.25, 0.3) is 0 Å². The fourth-order valence-corrected chi connectivity index (χ4v) is 2.67. The van der Waals surface area contributed by atoms with Crippen molar-refractivity contribution in [3.8, 4) is 0 Å². The summed E-state index contributed by atoms with van der Waals surface area (Å²) in [5.41, 5.74) is -0.123. The molecule has 2 aliphatic rings.